The number of hydrogen-bond acceptors (Lipinski definition) is 1. The van der Waals surface area contributed by atoms with Crippen molar-refractivity contribution in [2.24, 2.45) is 23.7 Å². The Morgan fingerprint density at radius 2 is 1.09 bits per heavy atom. The van der Waals surface area contributed by atoms with Crippen molar-refractivity contribution in [2.45, 2.75) is 82.5 Å². The average Bonchev–Trinajstić information content (AvgIpc) is 3.80. The first-order chi connectivity index (χ1) is 28.2. The maximum Gasteiger partial charge on any atom is 0.0543 e. The number of nitrogens with zero attached hydrogens (tertiary/aromatic N) is 1. The van der Waals surface area contributed by atoms with E-state index < -0.39 is 0 Å². The topological polar surface area (TPSA) is 3.24 Å². The molecule has 5 unspecified atom stereocenters. The maximum absolute atomic E-state index is 2.68. The van der Waals surface area contributed by atoms with Crippen molar-refractivity contribution in [3.63, 3.8) is 0 Å². The summed E-state index contributed by atoms with van der Waals surface area (Å²) in [5.74, 6) is 3.31. The molecule has 0 radical (unpaired) electrons. The quantitative estimate of drug-likeness (QED) is 0.169. The normalized spacial score (nSPS) is 25.2. The van der Waals surface area contributed by atoms with Crippen molar-refractivity contribution in [2.75, 3.05) is 4.90 Å². The zero-order valence-corrected chi connectivity index (χ0v) is 34.4. The molecule has 0 aromatic heterocycles. The van der Waals surface area contributed by atoms with Gasteiger partial charge in [0.15, 0.2) is 0 Å². The molecule has 5 atom stereocenters. The largest absolute Gasteiger partial charge is 0.310 e. The number of rotatable bonds is 5. The van der Waals surface area contributed by atoms with Gasteiger partial charge >= 0.3 is 0 Å². The second-order valence-corrected chi connectivity index (χ2v) is 19.9. The zero-order valence-electron chi connectivity index (χ0n) is 34.4. The average molecular weight is 752 g/mol. The Balaban J connectivity index is 1.07. The lowest BCUT2D eigenvalue weighted by Crippen LogP contribution is -2.40. The summed E-state index contributed by atoms with van der Waals surface area (Å²) in [6, 6.07) is 58.2. The molecule has 0 heterocycles. The van der Waals surface area contributed by atoms with E-state index in [0.29, 0.717) is 0 Å². The van der Waals surface area contributed by atoms with Crippen molar-refractivity contribution < 1.29 is 0 Å². The van der Waals surface area contributed by atoms with Crippen molar-refractivity contribution in [3.05, 3.63) is 174 Å². The highest BCUT2D eigenvalue weighted by Gasteiger charge is 2.66. The smallest absolute Gasteiger partial charge is 0.0543 e. The number of anilines is 3. The number of benzene rings is 7. The molecule has 7 aromatic rings. The summed E-state index contributed by atoms with van der Waals surface area (Å²) in [6.07, 6.45) is 8.02. The first-order valence-electron chi connectivity index (χ1n) is 22.1. The maximum atomic E-state index is 2.68. The highest BCUT2D eigenvalue weighted by molar-refractivity contribution is 6.05. The standard InChI is InChI=1S/C57H53N/c1-55(2)30-31-56(3,4)54-49(55)21-13-23-52(54)58(41-26-24-38(25-27-41)43-29-28-42(37-14-6-5-7-15-37)44-16-8-9-17-45(43)44)51-22-12-20-48-53(51)46-18-10-11-19-47(46)57(48)40-33-36-32-39(35-40)50(57)34-36/h5-29,36,39-40,50H,30-35H2,1-4H3. The Bertz CT molecular complexity index is 2770. The van der Waals surface area contributed by atoms with E-state index >= 15 is 0 Å². The van der Waals surface area contributed by atoms with Crippen molar-refractivity contribution in [3.8, 4) is 33.4 Å². The molecule has 0 N–H and O–H groups in total. The van der Waals surface area contributed by atoms with Crippen LogP contribution in [0.25, 0.3) is 44.2 Å². The van der Waals surface area contributed by atoms with Gasteiger partial charge in [-0.15, -0.1) is 0 Å². The van der Waals surface area contributed by atoms with Crippen LogP contribution in [-0.2, 0) is 16.2 Å². The fraction of sp³-hybridized carbons (Fsp3) is 0.298. The Morgan fingerprint density at radius 1 is 0.466 bits per heavy atom. The Kier molecular flexibility index (Phi) is 7.35. The van der Waals surface area contributed by atoms with E-state index in [2.05, 4.69) is 184 Å². The second-order valence-electron chi connectivity index (χ2n) is 19.9. The van der Waals surface area contributed by atoms with Gasteiger partial charge in [-0.3, -0.25) is 0 Å². The predicted molar refractivity (Wildman–Crippen MR) is 243 cm³/mol. The van der Waals surface area contributed by atoms with E-state index in [1.807, 2.05) is 0 Å². The third-order valence-corrected chi connectivity index (χ3v) is 16.1. The second kappa shape index (κ2) is 12.3. The molecule has 0 saturated heterocycles. The molecular formula is C57H53N. The molecule has 6 aliphatic rings. The van der Waals surface area contributed by atoms with E-state index in [9.17, 15) is 0 Å². The van der Waals surface area contributed by atoms with E-state index in [1.54, 1.807) is 11.1 Å². The highest BCUT2D eigenvalue weighted by atomic mass is 15.2. The summed E-state index contributed by atoms with van der Waals surface area (Å²) in [4.78, 5) is 2.68. The summed E-state index contributed by atoms with van der Waals surface area (Å²) in [7, 11) is 0. The number of fused-ring (bicyclic) bond motifs is 5. The van der Waals surface area contributed by atoms with Gasteiger partial charge in [-0.1, -0.05) is 155 Å². The predicted octanol–water partition coefficient (Wildman–Crippen LogP) is 15.3. The third-order valence-electron chi connectivity index (χ3n) is 16.1. The SMILES string of the molecule is CC1(C)CCC(C)(C)c2c(N(c3ccc(-c4ccc(-c5ccccc5)c5ccccc45)cc3)c3cccc4c3-c3ccccc3C43C4CC5CC(C4)C3C5)cccc21. The lowest BCUT2D eigenvalue weighted by Gasteiger charge is -2.45. The molecule has 4 bridgehead atoms. The van der Waals surface area contributed by atoms with Gasteiger partial charge in [-0.2, -0.15) is 0 Å². The monoisotopic (exact) mass is 751 g/mol. The van der Waals surface area contributed by atoms with Crippen LogP contribution in [0.5, 0.6) is 0 Å². The molecule has 13 rings (SSSR count). The van der Waals surface area contributed by atoms with Crippen LogP contribution in [0.4, 0.5) is 17.1 Å². The third kappa shape index (κ3) is 4.71. The molecule has 6 aliphatic carbocycles. The van der Waals surface area contributed by atoms with E-state index in [1.165, 1.54) is 111 Å². The van der Waals surface area contributed by atoms with Gasteiger partial charge in [0.1, 0.15) is 0 Å². The van der Waals surface area contributed by atoms with Crippen LogP contribution in [0.3, 0.4) is 0 Å². The Hall–Kier alpha value is -5.40. The molecule has 1 nitrogen and oxygen atoms in total. The van der Waals surface area contributed by atoms with Gasteiger partial charge in [0, 0.05) is 16.7 Å². The van der Waals surface area contributed by atoms with Crippen molar-refractivity contribution >= 4 is 27.8 Å². The summed E-state index contributed by atoms with van der Waals surface area (Å²) in [6.45, 7) is 9.90. The van der Waals surface area contributed by atoms with Crippen LogP contribution in [0.2, 0.25) is 0 Å². The molecule has 7 aromatic carbocycles. The van der Waals surface area contributed by atoms with Crippen LogP contribution in [0, 0.1) is 23.7 Å². The van der Waals surface area contributed by atoms with Gasteiger partial charge in [0.25, 0.3) is 0 Å². The molecule has 58 heavy (non-hydrogen) atoms. The molecule has 4 saturated carbocycles. The van der Waals surface area contributed by atoms with Gasteiger partial charge in [-0.05, 0) is 158 Å². The lowest BCUT2D eigenvalue weighted by atomic mass is 9.59. The van der Waals surface area contributed by atoms with Gasteiger partial charge < -0.3 is 4.90 Å². The first-order valence-corrected chi connectivity index (χ1v) is 22.1. The fourth-order valence-electron chi connectivity index (χ4n) is 13.7. The van der Waals surface area contributed by atoms with Crippen LogP contribution in [0.1, 0.15) is 88.5 Å². The number of hydrogen-bond donors (Lipinski definition) is 0. The summed E-state index contributed by atoms with van der Waals surface area (Å²) in [5, 5.41) is 2.58. The highest BCUT2D eigenvalue weighted by Crippen LogP contribution is 2.73. The van der Waals surface area contributed by atoms with Crippen LogP contribution in [-0.4, -0.2) is 0 Å². The van der Waals surface area contributed by atoms with Crippen molar-refractivity contribution in [1.29, 1.82) is 0 Å². The zero-order chi connectivity index (χ0) is 39.0. The molecule has 286 valence electrons. The molecular weight excluding hydrogens is 699 g/mol. The van der Waals surface area contributed by atoms with Crippen molar-refractivity contribution in [1.82, 2.24) is 0 Å². The minimum Gasteiger partial charge on any atom is -0.310 e. The Labute approximate surface area is 344 Å². The minimum absolute atomic E-state index is 0.0413. The van der Waals surface area contributed by atoms with Crippen LogP contribution < -0.4 is 4.90 Å². The van der Waals surface area contributed by atoms with Gasteiger partial charge in [0.2, 0.25) is 0 Å². The molecule has 0 amide bonds. The van der Waals surface area contributed by atoms with E-state index in [4.69, 9.17) is 0 Å². The summed E-state index contributed by atoms with van der Waals surface area (Å²) in [5.41, 5.74) is 18.4. The minimum atomic E-state index is 0.0413. The molecule has 4 fully saturated rings. The first kappa shape index (κ1) is 34.6. The molecule has 0 aliphatic heterocycles. The van der Waals surface area contributed by atoms with Gasteiger partial charge in [0.05, 0.1) is 11.4 Å². The van der Waals surface area contributed by atoms with Crippen LogP contribution >= 0.6 is 0 Å². The molecule has 1 spiro atoms. The van der Waals surface area contributed by atoms with Crippen LogP contribution in [0.15, 0.2) is 152 Å². The van der Waals surface area contributed by atoms with E-state index in [0.717, 1.165) is 23.7 Å². The summed E-state index contributed by atoms with van der Waals surface area (Å²) >= 11 is 0. The summed E-state index contributed by atoms with van der Waals surface area (Å²) < 4.78 is 0. The Morgan fingerprint density at radius 3 is 1.83 bits per heavy atom. The fourth-order valence-corrected chi connectivity index (χ4v) is 13.7. The van der Waals surface area contributed by atoms with E-state index in [-0.39, 0.29) is 16.2 Å². The lowest BCUT2D eigenvalue weighted by molar-refractivity contribution is 0.191. The van der Waals surface area contributed by atoms with Gasteiger partial charge in [-0.25, -0.2) is 0 Å². The molecule has 1 heteroatoms.